The number of aromatic nitrogens is 1. The summed E-state index contributed by atoms with van der Waals surface area (Å²) in [5, 5.41) is 15.4. The summed E-state index contributed by atoms with van der Waals surface area (Å²) >= 11 is 0. The van der Waals surface area contributed by atoms with E-state index < -0.39 is 18.0 Å². The molecule has 7 heteroatoms. The van der Waals surface area contributed by atoms with Gasteiger partial charge in [-0.1, -0.05) is 5.16 Å². The number of nitrogens with zero attached hydrogens (tertiary/aromatic N) is 2. The van der Waals surface area contributed by atoms with Crippen molar-refractivity contribution in [1.29, 1.82) is 0 Å². The Bertz CT molecular complexity index is 464. The maximum Gasteiger partial charge on any atom is 0.326 e. The van der Waals surface area contributed by atoms with Gasteiger partial charge in [0, 0.05) is 12.6 Å². The van der Waals surface area contributed by atoms with E-state index in [0.717, 1.165) is 10.5 Å². The largest absolute Gasteiger partial charge is 0.480 e. The SMILES string of the molecule is Cc1noc(C)c1C(C)NC(=O)N(C)C(C)C(=O)O. The molecule has 19 heavy (non-hydrogen) atoms. The summed E-state index contributed by atoms with van der Waals surface area (Å²) in [7, 11) is 1.44. The van der Waals surface area contributed by atoms with Crippen LogP contribution in [0.25, 0.3) is 0 Å². The summed E-state index contributed by atoms with van der Waals surface area (Å²) in [5.74, 6) is -0.415. The Labute approximate surface area is 111 Å². The fourth-order valence-corrected chi connectivity index (χ4v) is 1.81. The quantitative estimate of drug-likeness (QED) is 0.862. The van der Waals surface area contributed by atoms with Crippen molar-refractivity contribution in [2.24, 2.45) is 0 Å². The molecule has 0 aliphatic heterocycles. The molecule has 106 valence electrons. The van der Waals surface area contributed by atoms with Gasteiger partial charge in [-0.05, 0) is 27.7 Å². The molecule has 0 saturated carbocycles. The van der Waals surface area contributed by atoms with Crippen molar-refractivity contribution >= 4 is 12.0 Å². The van der Waals surface area contributed by atoms with Crippen LogP contribution in [0.15, 0.2) is 4.52 Å². The fourth-order valence-electron chi connectivity index (χ4n) is 1.81. The lowest BCUT2D eigenvalue weighted by Crippen LogP contribution is -2.46. The van der Waals surface area contributed by atoms with Crippen LogP contribution < -0.4 is 5.32 Å². The second-order valence-corrected chi connectivity index (χ2v) is 4.53. The lowest BCUT2D eigenvalue weighted by atomic mass is 10.1. The maximum atomic E-state index is 11.9. The van der Waals surface area contributed by atoms with Crippen LogP contribution in [0.5, 0.6) is 0 Å². The highest BCUT2D eigenvalue weighted by Gasteiger charge is 2.24. The van der Waals surface area contributed by atoms with E-state index in [-0.39, 0.29) is 6.04 Å². The summed E-state index contributed by atoms with van der Waals surface area (Å²) < 4.78 is 5.04. The first-order chi connectivity index (χ1) is 8.75. The molecule has 2 unspecified atom stereocenters. The summed E-state index contributed by atoms with van der Waals surface area (Å²) in [5.41, 5.74) is 1.52. The Kier molecular flexibility index (Phi) is 4.52. The second-order valence-electron chi connectivity index (χ2n) is 4.53. The van der Waals surface area contributed by atoms with Crippen molar-refractivity contribution < 1.29 is 19.2 Å². The van der Waals surface area contributed by atoms with Gasteiger partial charge in [0.25, 0.3) is 0 Å². The van der Waals surface area contributed by atoms with Gasteiger partial charge in [0.2, 0.25) is 0 Å². The first-order valence-corrected chi connectivity index (χ1v) is 5.94. The molecular formula is C12H19N3O4. The number of carbonyl (C=O) groups is 2. The van der Waals surface area contributed by atoms with E-state index in [0.29, 0.717) is 11.5 Å². The van der Waals surface area contributed by atoms with E-state index in [1.165, 1.54) is 14.0 Å². The van der Waals surface area contributed by atoms with Crippen LogP contribution in [0.2, 0.25) is 0 Å². The number of hydrogen-bond acceptors (Lipinski definition) is 4. The normalized spacial score (nSPS) is 13.7. The smallest absolute Gasteiger partial charge is 0.326 e. The Morgan fingerprint density at radius 2 is 1.95 bits per heavy atom. The van der Waals surface area contributed by atoms with Gasteiger partial charge in [0.15, 0.2) is 0 Å². The van der Waals surface area contributed by atoms with Crippen molar-refractivity contribution in [2.75, 3.05) is 7.05 Å². The topological polar surface area (TPSA) is 95.7 Å². The molecule has 2 N–H and O–H groups in total. The van der Waals surface area contributed by atoms with Gasteiger partial charge >= 0.3 is 12.0 Å². The molecule has 0 radical (unpaired) electrons. The number of rotatable bonds is 4. The predicted molar refractivity (Wildman–Crippen MR) is 67.8 cm³/mol. The van der Waals surface area contributed by atoms with Crippen LogP contribution in [0.4, 0.5) is 4.79 Å². The third-order valence-electron chi connectivity index (χ3n) is 3.12. The predicted octanol–water partition coefficient (Wildman–Crippen LogP) is 1.47. The number of carboxylic acid groups (broad SMARTS) is 1. The molecule has 1 rings (SSSR count). The number of amides is 2. The minimum atomic E-state index is -1.05. The van der Waals surface area contributed by atoms with Gasteiger partial charge in [0.1, 0.15) is 11.8 Å². The van der Waals surface area contributed by atoms with Crippen LogP contribution >= 0.6 is 0 Å². The van der Waals surface area contributed by atoms with Gasteiger partial charge in [-0.25, -0.2) is 9.59 Å². The zero-order chi connectivity index (χ0) is 14.7. The summed E-state index contributed by atoms with van der Waals surface area (Å²) in [6.45, 7) is 6.80. The molecule has 2 atom stereocenters. The molecule has 0 aromatic carbocycles. The van der Waals surface area contributed by atoms with Crippen molar-refractivity contribution in [2.45, 2.75) is 39.8 Å². The number of urea groups is 1. The highest BCUT2D eigenvalue weighted by molar-refractivity contribution is 5.82. The number of carboxylic acids is 1. The first-order valence-electron chi connectivity index (χ1n) is 5.94. The highest BCUT2D eigenvalue weighted by Crippen LogP contribution is 2.21. The van der Waals surface area contributed by atoms with Crippen molar-refractivity contribution in [3.63, 3.8) is 0 Å². The highest BCUT2D eigenvalue weighted by atomic mass is 16.5. The lowest BCUT2D eigenvalue weighted by Gasteiger charge is -2.24. The Balaban J connectivity index is 2.75. The van der Waals surface area contributed by atoms with Crippen molar-refractivity contribution in [1.82, 2.24) is 15.4 Å². The minimum Gasteiger partial charge on any atom is -0.480 e. The van der Waals surface area contributed by atoms with E-state index >= 15 is 0 Å². The van der Waals surface area contributed by atoms with Gasteiger partial charge in [-0.3, -0.25) is 0 Å². The van der Waals surface area contributed by atoms with E-state index in [2.05, 4.69) is 10.5 Å². The molecule has 0 aliphatic carbocycles. The number of aliphatic carboxylic acids is 1. The third-order valence-corrected chi connectivity index (χ3v) is 3.12. The number of nitrogens with one attached hydrogen (secondary N) is 1. The number of hydrogen-bond donors (Lipinski definition) is 2. The standard InChI is InChI=1S/C12H19N3O4/c1-6(10-7(2)14-19-9(10)4)13-12(18)15(5)8(3)11(16)17/h6,8H,1-5H3,(H,13,18)(H,16,17). The van der Waals surface area contributed by atoms with Crippen LogP contribution in [0.1, 0.15) is 36.9 Å². The van der Waals surface area contributed by atoms with Gasteiger partial charge in [-0.2, -0.15) is 0 Å². The molecule has 0 aliphatic rings. The van der Waals surface area contributed by atoms with Crippen LogP contribution in [-0.2, 0) is 4.79 Å². The monoisotopic (exact) mass is 269 g/mol. The molecule has 1 heterocycles. The van der Waals surface area contributed by atoms with Gasteiger partial charge in [-0.15, -0.1) is 0 Å². The summed E-state index contributed by atoms with van der Waals surface area (Å²) in [6.07, 6.45) is 0. The van der Waals surface area contributed by atoms with E-state index in [1.54, 1.807) is 20.8 Å². The van der Waals surface area contributed by atoms with E-state index in [1.807, 2.05) is 0 Å². The van der Waals surface area contributed by atoms with Crippen LogP contribution in [0.3, 0.4) is 0 Å². The number of aryl methyl sites for hydroxylation is 2. The Hall–Kier alpha value is -2.05. The molecule has 2 amide bonds. The first kappa shape index (κ1) is 15.0. The second kappa shape index (κ2) is 5.73. The molecule has 7 nitrogen and oxygen atoms in total. The molecule has 0 spiro atoms. The maximum absolute atomic E-state index is 11.9. The fraction of sp³-hybridized carbons (Fsp3) is 0.583. The molecule has 0 fully saturated rings. The molecule has 0 saturated heterocycles. The van der Waals surface area contributed by atoms with Gasteiger partial charge < -0.3 is 19.8 Å². The van der Waals surface area contributed by atoms with Crippen molar-refractivity contribution in [3.8, 4) is 0 Å². The van der Waals surface area contributed by atoms with Gasteiger partial charge in [0.05, 0.1) is 11.7 Å². The molecule has 1 aromatic rings. The lowest BCUT2D eigenvalue weighted by molar-refractivity contribution is -0.141. The Morgan fingerprint density at radius 3 is 2.37 bits per heavy atom. The summed E-state index contributed by atoms with van der Waals surface area (Å²) in [4.78, 5) is 23.9. The number of likely N-dealkylation sites (N-methyl/N-ethyl adjacent to an activating group) is 1. The average molecular weight is 269 g/mol. The van der Waals surface area contributed by atoms with Crippen LogP contribution in [-0.4, -0.2) is 40.3 Å². The molecule has 0 bridgehead atoms. The summed E-state index contributed by atoms with van der Waals surface area (Å²) in [6, 6.07) is -1.65. The zero-order valence-corrected chi connectivity index (χ0v) is 11.7. The molecular weight excluding hydrogens is 250 g/mol. The van der Waals surface area contributed by atoms with Crippen LogP contribution in [0, 0.1) is 13.8 Å². The average Bonchev–Trinajstić information content (AvgIpc) is 2.66. The van der Waals surface area contributed by atoms with E-state index in [9.17, 15) is 9.59 Å². The zero-order valence-electron chi connectivity index (χ0n) is 11.7. The number of carbonyl (C=O) groups excluding carboxylic acids is 1. The van der Waals surface area contributed by atoms with Crippen molar-refractivity contribution in [3.05, 3.63) is 17.0 Å². The minimum absolute atomic E-state index is 0.304. The van der Waals surface area contributed by atoms with E-state index in [4.69, 9.17) is 9.63 Å². The Morgan fingerprint density at radius 1 is 1.37 bits per heavy atom. The third kappa shape index (κ3) is 3.24. The molecule has 1 aromatic heterocycles.